The smallest absolute Gasteiger partial charge is 0.316 e. The fraction of sp³-hybridized carbons (Fsp3) is 0.400. The van der Waals surface area contributed by atoms with Gasteiger partial charge >= 0.3 is 5.97 Å². The second kappa shape index (κ2) is 8.52. The molecular formula is C15H21N5O4S2. The average molecular weight is 399 g/mol. The van der Waals surface area contributed by atoms with Gasteiger partial charge in [0.1, 0.15) is 0 Å². The van der Waals surface area contributed by atoms with Crippen LogP contribution in [0.2, 0.25) is 0 Å². The summed E-state index contributed by atoms with van der Waals surface area (Å²) < 4.78 is 32.5. The van der Waals surface area contributed by atoms with Crippen molar-refractivity contribution in [3.8, 4) is 11.4 Å². The molecule has 9 nitrogen and oxygen atoms in total. The Morgan fingerprint density at radius 2 is 2.00 bits per heavy atom. The van der Waals surface area contributed by atoms with E-state index < -0.39 is 16.0 Å². The van der Waals surface area contributed by atoms with Crippen molar-refractivity contribution in [2.24, 2.45) is 0 Å². The largest absolute Gasteiger partial charge is 0.468 e. The lowest BCUT2D eigenvalue weighted by atomic mass is 10.2. The van der Waals surface area contributed by atoms with Crippen LogP contribution in [0.5, 0.6) is 0 Å². The predicted molar refractivity (Wildman–Crippen MR) is 98.5 cm³/mol. The normalized spacial score (nSPS) is 11.7. The molecule has 0 radical (unpaired) electrons. The summed E-state index contributed by atoms with van der Waals surface area (Å²) in [6.07, 6.45) is 0. The number of carbonyl (C=O) groups excluding carboxylic acids is 1. The summed E-state index contributed by atoms with van der Waals surface area (Å²) >= 11 is 1.08. The van der Waals surface area contributed by atoms with Crippen LogP contribution in [-0.2, 0) is 19.6 Å². The third-order valence-corrected chi connectivity index (χ3v) is 6.61. The van der Waals surface area contributed by atoms with Gasteiger partial charge in [0, 0.05) is 18.7 Å². The highest BCUT2D eigenvalue weighted by Gasteiger charge is 2.23. The molecule has 0 saturated heterocycles. The molecule has 2 aromatic rings. The van der Waals surface area contributed by atoms with Crippen molar-refractivity contribution >= 4 is 27.8 Å². The minimum atomic E-state index is -3.59. The molecule has 1 aromatic heterocycles. The Morgan fingerprint density at radius 1 is 1.31 bits per heavy atom. The third kappa shape index (κ3) is 4.17. The number of aromatic nitrogens is 3. The summed E-state index contributed by atoms with van der Waals surface area (Å²) in [6.45, 7) is 4.33. The van der Waals surface area contributed by atoms with E-state index in [0.717, 1.165) is 11.8 Å². The second-order valence-electron chi connectivity index (χ2n) is 5.16. The van der Waals surface area contributed by atoms with Crippen LogP contribution in [0.4, 0.5) is 0 Å². The zero-order valence-corrected chi connectivity index (χ0v) is 16.4. The number of thioether (sulfide) groups is 1. The van der Waals surface area contributed by atoms with Crippen molar-refractivity contribution in [1.29, 1.82) is 0 Å². The van der Waals surface area contributed by atoms with Crippen LogP contribution in [-0.4, -0.2) is 59.5 Å². The van der Waals surface area contributed by atoms with Gasteiger partial charge in [0.05, 0.1) is 17.8 Å². The van der Waals surface area contributed by atoms with Crippen molar-refractivity contribution in [3.63, 3.8) is 0 Å². The van der Waals surface area contributed by atoms with Crippen molar-refractivity contribution in [3.05, 3.63) is 24.3 Å². The standard InChI is InChI=1S/C15H21N5O4S2/c1-4-19(5-2)26(22,23)12-8-6-7-11(9-12)14-17-18-15(20(14)16)25-10-13(21)24-3/h6-9H,4-5,10,16H2,1-3H3. The Balaban J connectivity index is 2.34. The Hall–Kier alpha value is -2.11. The fourth-order valence-corrected chi connectivity index (χ4v) is 4.46. The molecule has 2 N–H and O–H groups in total. The molecule has 26 heavy (non-hydrogen) atoms. The summed E-state index contributed by atoms with van der Waals surface area (Å²) in [4.78, 5) is 11.4. The number of carbonyl (C=O) groups is 1. The number of sulfonamides is 1. The maximum Gasteiger partial charge on any atom is 0.316 e. The summed E-state index contributed by atoms with van der Waals surface area (Å²) in [7, 11) is -2.30. The highest BCUT2D eigenvalue weighted by Crippen LogP contribution is 2.25. The van der Waals surface area contributed by atoms with E-state index in [2.05, 4.69) is 14.9 Å². The molecule has 142 valence electrons. The summed E-state index contributed by atoms with van der Waals surface area (Å²) in [5.74, 6) is 5.93. The van der Waals surface area contributed by atoms with Crippen molar-refractivity contribution in [1.82, 2.24) is 19.2 Å². The van der Waals surface area contributed by atoms with Gasteiger partial charge in [-0.05, 0) is 12.1 Å². The predicted octanol–water partition coefficient (Wildman–Crippen LogP) is 0.954. The molecule has 0 atom stereocenters. The molecule has 0 spiro atoms. The Bertz CT molecular complexity index is 878. The van der Waals surface area contributed by atoms with E-state index in [4.69, 9.17) is 5.84 Å². The monoisotopic (exact) mass is 399 g/mol. The maximum atomic E-state index is 12.7. The maximum absolute atomic E-state index is 12.7. The number of nitrogen functional groups attached to an aromatic ring is 1. The van der Waals surface area contributed by atoms with Crippen LogP contribution < -0.4 is 5.84 Å². The van der Waals surface area contributed by atoms with Gasteiger partial charge in [0.25, 0.3) is 0 Å². The second-order valence-corrected chi connectivity index (χ2v) is 8.04. The van der Waals surface area contributed by atoms with Crippen LogP contribution in [0.1, 0.15) is 13.8 Å². The SMILES string of the molecule is CCN(CC)S(=O)(=O)c1cccc(-c2nnc(SCC(=O)OC)n2N)c1. The quantitative estimate of drug-likeness (QED) is 0.396. The van der Waals surface area contributed by atoms with Crippen LogP contribution in [0.3, 0.4) is 0 Å². The molecule has 0 amide bonds. The van der Waals surface area contributed by atoms with Crippen LogP contribution in [0.15, 0.2) is 34.3 Å². The number of esters is 1. The first-order chi connectivity index (χ1) is 12.3. The number of nitrogens with two attached hydrogens (primary N) is 1. The number of ether oxygens (including phenoxy) is 1. The minimum Gasteiger partial charge on any atom is -0.468 e. The van der Waals surface area contributed by atoms with E-state index in [1.807, 2.05) is 0 Å². The molecular weight excluding hydrogens is 378 g/mol. The number of hydrogen-bond acceptors (Lipinski definition) is 8. The first-order valence-electron chi connectivity index (χ1n) is 7.85. The molecule has 1 heterocycles. The lowest BCUT2D eigenvalue weighted by Gasteiger charge is -2.18. The van der Waals surface area contributed by atoms with E-state index in [9.17, 15) is 13.2 Å². The topological polar surface area (TPSA) is 120 Å². The molecule has 0 bridgehead atoms. The Labute approximate surface area is 156 Å². The molecule has 2 rings (SSSR count). The van der Waals surface area contributed by atoms with Crippen molar-refractivity contribution in [2.75, 3.05) is 31.8 Å². The fourth-order valence-electron chi connectivity index (χ4n) is 2.26. The van der Waals surface area contributed by atoms with Gasteiger partial charge in [-0.25, -0.2) is 13.1 Å². The van der Waals surface area contributed by atoms with E-state index in [1.54, 1.807) is 26.0 Å². The van der Waals surface area contributed by atoms with Crippen LogP contribution >= 0.6 is 11.8 Å². The number of nitrogens with zero attached hydrogens (tertiary/aromatic N) is 4. The minimum absolute atomic E-state index is 0.0439. The van der Waals surface area contributed by atoms with E-state index in [1.165, 1.54) is 28.2 Å². The van der Waals surface area contributed by atoms with Gasteiger partial charge in [-0.1, -0.05) is 37.7 Å². The Kier molecular flexibility index (Phi) is 6.62. The van der Waals surface area contributed by atoms with E-state index in [0.29, 0.717) is 29.6 Å². The van der Waals surface area contributed by atoms with Gasteiger partial charge in [-0.2, -0.15) is 4.31 Å². The lowest BCUT2D eigenvalue weighted by Crippen LogP contribution is -2.30. The van der Waals surface area contributed by atoms with Gasteiger partial charge in [-0.3, -0.25) is 4.79 Å². The molecule has 1 aromatic carbocycles. The van der Waals surface area contributed by atoms with Gasteiger partial charge in [-0.15, -0.1) is 10.2 Å². The number of benzene rings is 1. The van der Waals surface area contributed by atoms with Gasteiger partial charge < -0.3 is 10.6 Å². The average Bonchev–Trinajstić information content (AvgIpc) is 3.01. The number of hydrogen-bond donors (Lipinski definition) is 1. The zero-order chi connectivity index (χ0) is 19.3. The zero-order valence-electron chi connectivity index (χ0n) is 14.7. The number of rotatable bonds is 8. The van der Waals surface area contributed by atoms with Crippen LogP contribution in [0.25, 0.3) is 11.4 Å². The van der Waals surface area contributed by atoms with Crippen molar-refractivity contribution < 1.29 is 17.9 Å². The summed E-state index contributed by atoms with van der Waals surface area (Å²) in [5.41, 5.74) is 0.512. The third-order valence-electron chi connectivity index (χ3n) is 3.65. The molecule has 0 unspecified atom stereocenters. The number of methoxy groups -OCH3 is 1. The van der Waals surface area contributed by atoms with Crippen LogP contribution in [0, 0.1) is 0 Å². The molecule has 0 aliphatic heterocycles. The summed E-state index contributed by atoms with van der Waals surface area (Å²) in [6, 6.07) is 6.36. The first-order valence-corrected chi connectivity index (χ1v) is 10.3. The highest BCUT2D eigenvalue weighted by atomic mass is 32.2. The highest BCUT2D eigenvalue weighted by molar-refractivity contribution is 7.99. The molecule has 0 aliphatic carbocycles. The van der Waals surface area contributed by atoms with Gasteiger partial charge in [0.15, 0.2) is 5.82 Å². The van der Waals surface area contributed by atoms with E-state index in [-0.39, 0.29) is 10.6 Å². The molecule has 0 fully saturated rings. The molecule has 0 saturated carbocycles. The Morgan fingerprint density at radius 3 is 2.62 bits per heavy atom. The summed E-state index contributed by atoms with van der Waals surface area (Å²) in [5, 5.41) is 8.27. The first kappa shape index (κ1) is 20.2. The van der Waals surface area contributed by atoms with Crippen molar-refractivity contribution in [2.45, 2.75) is 23.9 Å². The molecule has 11 heteroatoms. The van der Waals surface area contributed by atoms with Gasteiger partial charge in [0.2, 0.25) is 15.2 Å². The lowest BCUT2D eigenvalue weighted by molar-refractivity contribution is -0.137. The van der Waals surface area contributed by atoms with E-state index >= 15 is 0 Å². The molecule has 0 aliphatic rings.